The first kappa shape index (κ1) is 35.7. The van der Waals surface area contributed by atoms with E-state index in [4.69, 9.17) is 0 Å². The van der Waals surface area contributed by atoms with Crippen molar-refractivity contribution < 1.29 is 0 Å². The summed E-state index contributed by atoms with van der Waals surface area (Å²) in [6.45, 7) is 4.77. The molecular weight excluding hydrogens is 723 g/mol. The van der Waals surface area contributed by atoms with Crippen molar-refractivity contribution in [2.24, 2.45) is 0 Å². The average molecular weight is 766 g/mol. The molecular formula is C59H43N. The van der Waals surface area contributed by atoms with Gasteiger partial charge in [0.25, 0.3) is 0 Å². The second-order valence-corrected chi connectivity index (χ2v) is 16.5. The molecule has 1 heteroatoms. The monoisotopic (exact) mass is 765 g/mol. The highest BCUT2D eigenvalue weighted by atomic mass is 15.1. The molecule has 0 unspecified atom stereocenters. The number of nitrogens with zero attached hydrogens (tertiary/aromatic N) is 1. The highest BCUT2D eigenvalue weighted by Crippen LogP contribution is 2.52. The molecule has 0 saturated carbocycles. The van der Waals surface area contributed by atoms with E-state index in [0.717, 1.165) is 17.1 Å². The smallest absolute Gasteiger partial charge is 0.0540 e. The molecule has 0 aromatic heterocycles. The second-order valence-electron chi connectivity index (χ2n) is 16.5. The van der Waals surface area contributed by atoms with Gasteiger partial charge in [0.1, 0.15) is 0 Å². The molecule has 0 fully saturated rings. The summed E-state index contributed by atoms with van der Waals surface area (Å²) < 4.78 is 0. The summed E-state index contributed by atoms with van der Waals surface area (Å²) >= 11 is 0. The van der Waals surface area contributed by atoms with Crippen LogP contribution in [-0.2, 0) is 5.41 Å². The first-order valence-electron chi connectivity index (χ1n) is 20.9. The predicted molar refractivity (Wildman–Crippen MR) is 255 cm³/mol. The third kappa shape index (κ3) is 6.10. The molecule has 60 heavy (non-hydrogen) atoms. The van der Waals surface area contributed by atoms with Crippen molar-refractivity contribution in [2.75, 3.05) is 4.90 Å². The normalized spacial score (nSPS) is 12.6. The molecule has 0 radical (unpaired) electrons. The fraction of sp³-hybridized carbons (Fsp3) is 0.0508. The summed E-state index contributed by atoms with van der Waals surface area (Å²) in [5.74, 6) is 0. The molecule has 0 heterocycles. The first-order valence-corrected chi connectivity index (χ1v) is 20.9. The van der Waals surface area contributed by atoms with Gasteiger partial charge in [0.2, 0.25) is 0 Å². The second kappa shape index (κ2) is 14.4. The molecule has 0 spiro atoms. The zero-order chi connectivity index (χ0) is 40.2. The summed E-state index contributed by atoms with van der Waals surface area (Å²) in [6.07, 6.45) is 0. The first-order chi connectivity index (χ1) is 29.5. The topological polar surface area (TPSA) is 3.24 Å². The third-order valence-corrected chi connectivity index (χ3v) is 12.7. The summed E-state index contributed by atoms with van der Waals surface area (Å²) in [7, 11) is 0. The summed E-state index contributed by atoms with van der Waals surface area (Å²) in [5, 5.41) is 4.97. The predicted octanol–water partition coefficient (Wildman–Crippen LogP) is 16.4. The molecule has 284 valence electrons. The van der Waals surface area contributed by atoms with Crippen LogP contribution in [0.5, 0.6) is 0 Å². The Hall–Kier alpha value is -7.48. The number of anilines is 3. The average Bonchev–Trinajstić information content (AvgIpc) is 3.54. The van der Waals surface area contributed by atoms with Gasteiger partial charge < -0.3 is 4.90 Å². The van der Waals surface area contributed by atoms with Gasteiger partial charge in [0, 0.05) is 22.2 Å². The van der Waals surface area contributed by atoms with Crippen molar-refractivity contribution in [3.05, 3.63) is 236 Å². The van der Waals surface area contributed by atoms with Crippen LogP contribution in [0.1, 0.15) is 25.0 Å². The largest absolute Gasteiger partial charge is 0.310 e. The standard InChI is InChI=1S/C59H43N/c1-59(2)56-38-48(44-28-26-43(27-29-44)42-24-22-41(23-25-42)40-12-4-3-5-13-40)32-36-54(56)55-37-35-50(39-57(55)59)60(58-21-11-17-46-15-7-9-19-53(46)58)49-33-30-47(31-34-49)52-20-10-16-45-14-6-8-18-51(45)52/h3-39H,1-2H3. The quantitative estimate of drug-likeness (QED) is 0.156. The Labute approximate surface area is 352 Å². The van der Waals surface area contributed by atoms with Crippen molar-refractivity contribution in [3.63, 3.8) is 0 Å². The molecule has 0 aliphatic heterocycles. The van der Waals surface area contributed by atoms with Crippen molar-refractivity contribution in [3.8, 4) is 55.6 Å². The van der Waals surface area contributed by atoms with Crippen molar-refractivity contribution in [2.45, 2.75) is 19.3 Å². The Kier molecular flexibility index (Phi) is 8.57. The van der Waals surface area contributed by atoms with Crippen LogP contribution in [0.2, 0.25) is 0 Å². The number of hydrogen-bond donors (Lipinski definition) is 0. The van der Waals surface area contributed by atoms with Crippen molar-refractivity contribution >= 4 is 38.6 Å². The van der Waals surface area contributed by atoms with E-state index in [1.807, 2.05) is 0 Å². The maximum absolute atomic E-state index is 2.44. The molecule has 1 aliphatic rings. The van der Waals surface area contributed by atoms with Crippen LogP contribution < -0.4 is 4.90 Å². The minimum atomic E-state index is -0.195. The molecule has 0 atom stereocenters. The van der Waals surface area contributed by atoms with Gasteiger partial charge >= 0.3 is 0 Å². The van der Waals surface area contributed by atoms with Crippen LogP contribution in [0.25, 0.3) is 77.2 Å². The number of benzene rings is 10. The van der Waals surface area contributed by atoms with Gasteiger partial charge in [-0.1, -0.05) is 202 Å². The Morgan fingerprint density at radius 2 is 0.750 bits per heavy atom. The zero-order valence-electron chi connectivity index (χ0n) is 33.8. The van der Waals surface area contributed by atoms with Crippen LogP contribution in [0, 0.1) is 0 Å². The van der Waals surface area contributed by atoms with E-state index in [2.05, 4.69) is 243 Å². The molecule has 0 N–H and O–H groups in total. The SMILES string of the molecule is CC1(C)c2cc(-c3ccc(-c4ccc(-c5ccccc5)cc4)cc3)ccc2-c2ccc(N(c3ccc(-c4cccc5ccccc45)cc3)c3cccc4ccccc34)cc21. The van der Waals surface area contributed by atoms with Gasteiger partial charge in [-0.25, -0.2) is 0 Å². The van der Waals surface area contributed by atoms with E-state index in [9.17, 15) is 0 Å². The lowest BCUT2D eigenvalue weighted by Gasteiger charge is -2.29. The van der Waals surface area contributed by atoms with Crippen molar-refractivity contribution in [1.82, 2.24) is 0 Å². The molecule has 1 aliphatic carbocycles. The summed E-state index contributed by atoms with van der Waals surface area (Å²) in [6, 6.07) is 82.3. The van der Waals surface area contributed by atoms with Gasteiger partial charge in [-0.15, -0.1) is 0 Å². The van der Waals surface area contributed by atoms with Gasteiger partial charge in [0.15, 0.2) is 0 Å². The fourth-order valence-corrected chi connectivity index (χ4v) is 9.48. The van der Waals surface area contributed by atoms with Gasteiger partial charge in [-0.05, 0) is 119 Å². The van der Waals surface area contributed by atoms with E-state index in [-0.39, 0.29) is 5.41 Å². The lowest BCUT2D eigenvalue weighted by atomic mass is 9.81. The Bertz CT molecular complexity index is 3180. The summed E-state index contributed by atoms with van der Waals surface area (Å²) in [5.41, 5.74) is 18.4. The highest BCUT2D eigenvalue weighted by molar-refractivity contribution is 6.00. The maximum Gasteiger partial charge on any atom is 0.0540 e. The Balaban J connectivity index is 0.940. The fourth-order valence-electron chi connectivity index (χ4n) is 9.48. The van der Waals surface area contributed by atoms with Crippen LogP contribution in [0.4, 0.5) is 17.1 Å². The van der Waals surface area contributed by atoms with Crippen LogP contribution >= 0.6 is 0 Å². The minimum absolute atomic E-state index is 0.195. The van der Waals surface area contributed by atoms with Gasteiger partial charge in [-0.2, -0.15) is 0 Å². The van der Waals surface area contributed by atoms with Gasteiger partial charge in [0.05, 0.1) is 5.69 Å². The molecule has 1 nitrogen and oxygen atoms in total. The van der Waals surface area contributed by atoms with Crippen LogP contribution in [0.15, 0.2) is 224 Å². The molecule has 10 aromatic rings. The van der Waals surface area contributed by atoms with E-state index in [0.29, 0.717) is 0 Å². The lowest BCUT2D eigenvalue weighted by Crippen LogP contribution is -2.16. The van der Waals surface area contributed by atoms with E-state index in [1.165, 1.54) is 88.3 Å². The van der Waals surface area contributed by atoms with Crippen LogP contribution in [0.3, 0.4) is 0 Å². The molecule has 0 bridgehead atoms. The van der Waals surface area contributed by atoms with E-state index < -0.39 is 0 Å². The van der Waals surface area contributed by atoms with E-state index >= 15 is 0 Å². The van der Waals surface area contributed by atoms with E-state index in [1.54, 1.807) is 0 Å². The highest BCUT2D eigenvalue weighted by Gasteiger charge is 2.36. The lowest BCUT2D eigenvalue weighted by molar-refractivity contribution is 0.660. The van der Waals surface area contributed by atoms with Crippen LogP contribution in [-0.4, -0.2) is 0 Å². The number of fused-ring (bicyclic) bond motifs is 5. The molecule has 0 saturated heterocycles. The Morgan fingerprint density at radius 3 is 1.42 bits per heavy atom. The zero-order valence-corrected chi connectivity index (χ0v) is 33.8. The Morgan fingerprint density at radius 1 is 0.300 bits per heavy atom. The minimum Gasteiger partial charge on any atom is -0.310 e. The molecule has 11 rings (SSSR count). The summed E-state index contributed by atoms with van der Waals surface area (Å²) in [4.78, 5) is 2.44. The number of hydrogen-bond acceptors (Lipinski definition) is 1. The molecule has 10 aromatic carbocycles. The third-order valence-electron chi connectivity index (χ3n) is 12.7. The van der Waals surface area contributed by atoms with Crippen molar-refractivity contribution in [1.29, 1.82) is 0 Å². The maximum atomic E-state index is 2.44. The molecule has 0 amide bonds. The van der Waals surface area contributed by atoms with Gasteiger partial charge in [-0.3, -0.25) is 0 Å². The number of rotatable bonds is 7.